The summed E-state index contributed by atoms with van der Waals surface area (Å²) in [7, 11) is 1.54. The van der Waals surface area contributed by atoms with Crippen LogP contribution in [0.15, 0.2) is 18.2 Å². The fourth-order valence-electron chi connectivity index (χ4n) is 2.58. The van der Waals surface area contributed by atoms with E-state index in [1.54, 1.807) is 23.1 Å². The fraction of sp³-hybridized carbons (Fsp3) is 0.467. The maximum absolute atomic E-state index is 12.4. The molecule has 0 saturated carbocycles. The van der Waals surface area contributed by atoms with Crippen molar-refractivity contribution in [2.75, 3.05) is 24.7 Å². The molecular weight excluding hydrogens is 270 g/mol. The number of nitrogens with two attached hydrogens (primary N) is 1. The van der Waals surface area contributed by atoms with Crippen LogP contribution >= 0.6 is 0 Å². The molecule has 1 aliphatic rings. The second-order valence-electron chi connectivity index (χ2n) is 5.06. The molecule has 1 aliphatic heterocycles. The van der Waals surface area contributed by atoms with Gasteiger partial charge in [-0.15, -0.1) is 0 Å². The molecule has 21 heavy (non-hydrogen) atoms. The van der Waals surface area contributed by atoms with Gasteiger partial charge in [0.15, 0.2) is 0 Å². The predicted molar refractivity (Wildman–Crippen MR) is 81.1 cm³/mol. The first-order valence-corrected chi connectivity index (χ1v) is 7.10. The van der Waals surface area contributed by atoms with E-state index < -0.39 is 6.04 Å². The standard InChI is InChI=1S/C15H21N3O3/c1-3-12(18-8-4-5-14(18)19)15(20)17-10-6-7-13(21-2)11(16)9-10/h6-7,9,12H,3-5,8,16H2,1-2H3,(H,17,20). The van der Waals surface area contributed by atoms with Crippen LogP contribution in [0.25, 0.3) is 0 Å². The Kier molecular flexibility index (Phi) is 4.67. The van der Waals surface area contributed by atoms with Crippen molar-refractivity contribution >= 4 is 23.2 Å². The number of likely N-dealkylation sites (tertiary alicyclic amines) is 1. The molecule has 6 nitrogen and oxygen atoms in total. The number of anilines is 2. The van der Waals surface area contributed by atoms with Gasteiger partial charge in [0.1, 0.15) is 11.8 Å². The minimum Gasteiger partial charge on any atom is -0.495 e. The second kappa shape index (κ2) is 6.47. The summed E-state index contributed by atoms with van der Waals surface area (Å²) < 4.78 is 5.08. The van der Waals surface area contributed by atoms with Gasteiger partial charge in [-0.1, -0.05) is 6.92 Å². The molecule has 1 aromatic rings. The van der Waals surface area contributed by atoms with Crippen LogP contribution in [0.5, 0.6) is 5.75 Å². The molecule has 1 heterocycles. The predicted octanol–water partition coefficient (Wildman–Crippen LogP) is 1.62. The maximum atomic E-state index is 12.4. The molecule has 1 atom stereocenters. The maximum Gasteiger partial charge on any atom is 0.247 e. The Hall–Kier alpha value is -2.24. The van der Waals surface area contributed by atoms with Crippen molar-refractivity contribution in [3.63, 3.8) is 0 Å². The van der Waals surface area contributed by atoms with Crippen LogP contribution in [0.2, 0.25) is 0 Å². The van der Waals surface area contributed by atoms with Gasteiger partial charge in [0.05, 0.1) is 12.8 Å². The lowest BCUT2D eigenvalue weighted by Crippen LogP contribution is -2.44. The van der Waals surface area contributed by atoms with Gasteiger partial charge in [-0.3, -0.25) is 9.59 Å². The normalized spacial score (nSPS) is 15.9. The lowest BCUT2D eigenvalue weighted by atomic mass is 10.1. The van der Waals surface area contributed by atoms with Crippen molar-refractivity contribution in [2.45, 2.75) is 32.2 Å². The van der Waals surface area contributed by atoms with Crippen LogP contribution in [0.3, 0.4) is 0 Å². The highest BCUT2D eigenvalue weighted by Crippen LogP contribution is 2.25. The Labute approximate surface area is 124 Å². The number of ether oxygens (including phenoxy) is 1. The summed E-state index contributed by atoms with van der Waals surface area (Å²) in [6.07, 6.45) is 1.93. The van der Waals surface area contributed by atoms with Crippen molar-refractivity contribution < 1.29 is 14.3 Å². The van der Waals surface area contributed by atoms with Crippen molar-refractivity contribution in [1.29, 1.82) is 0 Å². The van der Waals surface area contributed by atoms with E-state index in [9.17, 15) is 9.59 Å². The average Bonchev–Trinajstić information content (AvgIpc) is 2.86. The van der Waals surface area contributed by atoms with Crippen molar-refractivity contribution in [2.24, 2.45) is 0 Å². The summed E-state index contributed by atoms with van der Waals surface area (Å²) in [4.78, 5) is 25.8. The number of nitrogens with one attached hydrogen (secondary N) is 1. The van der Waals surface area contributed by atoms with Gasteiger partial charge in [-0.05, 0) is 31.0 Å². The lowest BCUT2D eigenvalue weighted by Gasteiger charge is -2.25. The number of carbonyl (C=O) groups is 2. The van der Waals surface area contributed by atoms with E-state index >= 15 is 0 Å². The summed E-state index contributed by atoms with van der Waals surface area (Å²) in [6, 6.07) is 4.65. The molecule has 1 unspecified atom stereocenters. The third-order valence-corrected chi connectivity index (χ3v) is 3.67. The largest absolute Gasteiger partial charge is 0.495 e. The number of benzene rings is 1. The van der Waals surface area contributed by atoms with Crippen LogP contribution in [0, 0.1) is 0 Å². The molecule has 2 rings (SSSR count). The fourth-order valence-corrected chi connectivity index (χ4v) is 2.58. The first-order chi connectivity index (χ1) is 10.1. The van der Waals surface area contributed by atoms with Crippen molar-refractivity contribution in [3.8, 4) is 5.75 Å². The van der Waals surface area contributed by atoms with Crippen LogP contribution in [-0.2, 0) is 9.59 Å². The first-order valence-electron chi connectivity index (χ1n) is 7.10. The van der Waals surface area contributed by atoms with Gasteiger partial charge < -0.3 is 20.7 Å². The summed E-state index contributed by atoms with van der Waals surface area (Å²) in [5.74, 6) is 0.429. The lowest BCUT2D eigenvalue weighted by molar-refractivity contribution is -0.135. The Morgan fingerprint density at radius 3 is 2.81 bits per heavy atom. The van der Waals surface area contributed by atoms with Gasteiger partial charge in [-0.25, -0.2) is 0 Å². The zero-order chi connectivity index (χ0) is 15.4. The first kappa shape index (κ1) is 15.2. The number of nitrogen functional groups attached to an aromatic ring is 1. The number of methoxy groups -OCH3 is 1. The third-order valence-electron chi connectivity index (χ3n) is 3.67. The second-order valence-corrected chi connectivity index (χ2v) is 5.06. The Morgan fingerprint density at radius 2 is 2.29 bits per heavy atom. The van der Waals surface area contributed by atoms with Crippen LogP contribution in [-0.4, -0.2) is 36.4 Å². The zero-order valence-corrected chi connectivity index (χ0v) is 12.4. The van der Waals surface area contributed by atoms with E-state index in [0.29, 0.717) is 36.5 Å². The van der Waals surface area contributed by atoms with Crippen LogP contribution in [0.1, 0.15) is 26.2 Å². The SMILES string of the molecule is CCC(C(=O)Nc1ccc(OC)c(N)c1)N1CCCC1=O. The van der Waals surface area contributed by atoms with Gasteiger partial charge in [-0.2, -0.15) is 0 Å². The smallest absolute Gasteiger partial charge is 0.247 e. The van der Waals surface area contributed by atoms with Crippen molar-refractivity contribution in [3.05, 3.63) is 18.2 Å². The van der Waals surface area contributed by atoms with Gasteiger partial charge in [0, 0.05) is 18.7 Å². The average molecular weight is 291 g/mol. The quantitative estimate of drug-likeness (QED) is 0.807. The van der Waals surface area contributed by atoms with E-state index in [4.69, 9.17) is 10.5 Å². The van der Waals surface area contributed by atoms with Gasteiger partial charge in [0.25, 0.3) is 0 Å². The van der Waals surface area contributed by atoms with Gasteiger partial charge in [0.2, 0.25) is 11.8 Å². The zero-order valence-electron chi connectivity index (χ0n) is 12.4. The molecule has 2 amide bonds. The molecule has 114 valence electrons. The minimum absolute atomic E-state index is 0.0474. The number of nitrogens with zero attached hydrogens (tertiary/aromatic N) is 1. The number of carbonyl (C=O) groups excluding carboxylic acids is 2. The summed E-state index contributed by atoms with van der Waals surface area (Å²) in [5.41, 5.74) is 6.88. The number of hydrogen-bond donors (Lipinski definition) is 2. The Bertz CT molecular complexity index is 545. The molecule has 1 aromatic carbocycles. The number of hydrogen-bond acceptors (Lipinski definition) is 4. The minimum atomic E-state index is -0.427. The molecule has 1 fully saturated rings. The van der Waals surface area contributed by atoms with E-state index in [0.717, 1.165) is 6.42 Å². The Balaban J connectivity index is 2.08. The summed E-state index contributed by atoms with van der Waals surface area (Å²) in [6.45, 7) is 2.55. The molecular formula is C15H21N3O3. The number of amides is 2. The van der Waals surface area contributed by atoms with Crippen molar-refractivity contribution in [1.82, 2.24) is 4.90 Å². The topological polar surface area (TPSA) is 84.7 Å². The highest BCUT2D eigenvalue weighted by atomic mass is 16.5. The summed E-state index contributed by atoms with van der Waals surface area (Å²) >= 11 is 0. The van der Waals surface area contributed by atoms with Crippen LogP contribution < -0.4 is 15.8 Å². The van der Waals surface area contributed by atoms with E-state index in [1.165, 1.54) is 7.11 Å². The molecule has 3 N–H and O–H groups in total. The highest BCUT2D eigenvalue weighted by Gasteiger charge is 2.31. The molecule has 0 aromatic heterocycles. The molecule has 0 spiro atoms. The molecule has 1 saturated heterocycles. The molecule has 6 heteroatoms. The van der Waals surface area contributed by atoms with E-state index in [1.807, 2.05) is 6.92 Å². The number of rotatable bonds is 5. The third kappa shape index (κ3) is 3.26. The van der Waals surface area contributed by atoms with E-state index in [-0.39, 0.29) is 11.8 Å². The van der Waals surface area contributed by atoms with Gasteiger partial charge >= 0.3 is 0 Å². The molecule has 0 radical (unpaired) electrons. The monoisotopic (exact) mass is 291 g/mol. The summed E-state index contributed by atoms with van der Waals surface area (Å²) in [5, 5.41) is 2.81. The molecule has 0 bridgehead atoms. The highest BCUT2D eigenvalue weighted by molar-refractivity contribution is 5.97. The van der Waals surface area contributed by atoms with Crippen LogP contribution in [0.4, 0.5) is 11.4 Å². The molecule has 0 aliphatic carbocycles. The van der Waals surface area contributed by atoms with E-state index in [2.05, 4.69) is 5.32 Å². The Morgan fingerprint density at radius 1 is 1.52 bits per heavy atom.